The van der Waals surface area contributed by atoms with Crippen molar-refractivity contribution >= 4 is 31.6 Å². The van der Waals surface area contributed by atoms with Crippen molar-refractivity contribution in [1.29, 1.82) is 0 Å². The first-order chi connectivity index (χ1) is 15.3. The Morgan fingerprint density at radius 2 is 1.30 bits per heavy atom. The van der Waals surface area contributed by atoms with Gasteiger partial charge in [0.1, 0.15) is 0 Å². The molecule has 0 saturated heterocycles. The summed E-state index contributed by atoms with van der Waals surface area (Å²) in [5.74, 6) is 6.56. The van der Waals surface area contributed by atoms with Gasteiger partial charge in [0, 0.05) is 10.5 Å². The zero-order chi connectivity index (χ0) is 23.7. The molecule has 4 aliphatic carbocycles. The van der Waals surface area contributed by atoms with E-state index in [1.165, 1.54) is 12.8 Å². The fourth-order valence-corrected chi connectivity index (χ4v) is 22.6. The van der Waals surface area contributed by atoms with Gasteiger partial charge in [-0.15, -0.1) is 23.5 Å². The molecule has 0 nitrogen and oxygen atoms in total. The van der Waals surface area contributed by atoms with E-state index in [4.69, 9.17) is 0 Å². The highest BCUT2D eigenvalue weighted by molar-refractivity contribution is 8.05. The summed E-state index contributed by atoms with van der Waals surface area (Å²) in [5.41, 5.74) is 3.10. The Bertz CT molecular complexity index is 865. The molecule has 10 unspecified atom stereocenters. The summed E-state index contributed by atoms with van der Waals surface area (Å²) in [6, 6.07) is 0. The zero-order valence-electron chi connectivity index (χ0n) is 22.7. The van der Waals surface area contributed by atoms with Gasteiger partial charge in [-0.05, 0) is 113 Å². The molecule has 4 fully saturated rings. The molecule has 2 heterocycles. The maximum absolute atomic E-state index is 2.87. The summed E-state index contributed by atoms with van der Waals surface area (Å²) in [6.45, 7) is 23.7. The van der Waals surface area contributed by atoms with Crippen molar-refractivity contribution in [2.75, 3.05) is 0 Å². The van der Waals surface area contributed by atoms with Crippen molar-refractivity contribution in [3.63, 3.8) is 0 Å². The van der Waals surface area contributed by atoms with Crippen LogP contribution in [0.4, 0.5) is 0 Å². The lowest BCUT2D eigenvalue weighted by Crippen LogP contribution is -2.49. The molecule has 6 aliphatic rings. The van der Waals surface area contributed by atoms with Crippen LogP contribution in [0.3, 0.4) is 0 Å². The van der Waals surface area contributed by atoms with Crippen LogP contribution in [0.15, 0.2) is 22.0 Å². The van der Waals surface area contributed by atoms with Gasteiger partial charge in [0.15, 0.2) is 0 Å². The summed E-state index contributed by atoms with van der Waals surface area (Å²) in [5, 5.41) is 1.76. The van der Waals surface area contributed by atoms with Gasteiger partial charge in [-0.2, -0.15) is 0 Å². The third-order valence-corrected chi connectivity index (χ3v) is 20.4. The number of allylic oxidation sites excluding steroid dienone is 4. The summed E-state index contributed by atoms with van der Waals surface area (Å²) in [4.78, 5) is 3.24. The molecule has 11 atom stereocenters. The predicted octanol–water partition coefficient (Wildman–Crippen LogP) is 9.47. The van der Waals surface area contributed by atoms with Crippen molar-refractivity contribution in [2.24, 2.45) is 52.3 Å². The minimum absolute atomic E-state index is 0.537. The number of hydrogen-bond donors (Lipinski definition) is 0. The molecule has 184 valence electrons. The molecular formula is C30H48S2Si. The SMILES string of the molecule is CC1=CC2C(S1)C([Si](C)(C)C1C(C)CC3CC4C(CC31)C(C)(C)CC4(C)C)C1SC(C)=C[C@@H]21. The smallest absolute Gasteiger partial charge is 0.0566 e. The van der Waals surface area contributed by atoms with Gasteiger partial charge < -0.3 is 0 Å². The highest BCUT2D eigenvalue weighted by Gasteiger charge is 2.65. The standard InChI is InChI=1S/C30H48S2Si/c1-16-10-19-13-23-24(30(6,7)15-29(23,4)5)14-20(19)27(16)33(8,9)28-25-21(11-17(2)31-25)22-12-18(3)32-26(22)28/h11-12,16,19-28H,10,13-15H2,1-9H3/t16?,19?,20?,21-,22?,23?,24?,25?,26?,27?,28?/m0/s1. The van der Waals surface area contributed by atoms with E-state index in [-0.39, 0.29) is 0 Å². The maximum atomic E-state index is 2.87. The first-order valence-corrected chi connectivity index (χ1v) is 18.9. The third kappa shape index (κ3) is 3.36. The molecule has 6 rings (SSSR count). The molecule has 0 aromatic heterocycles. The van der Waals surface area contributed by atoms with Gasteiger partial charge in [-0.3, -0.25) is 0 Å². The monoisotopic (exact) mass is 500 g/mol. The van der Waals surface area contributed by atoms with E-state index in [2.05, 4.69) is 97.2 Å². The number of hydrogen-bond acceptors (Lipinski definition) is 2. The number of fused-ring (bicyclic) bond motifs is 5. The van der Waals surface area contributed by atoms with Crippen LogP contribution < -0.4 is 0 Å². The van der Waals surface area contributed by atoms with Crippen molar-refractivity contribution in [2.45, 2.75) is 109 Å². The molecule has 0 N–H and O–H groups in total. The lowest BCUT2D eigenvalue weighted by molar-refractivity contribution is 0.0673. The molecule has 0 amide bonds. The van der Waals surface area contributed by atoms with Crippen molar-refractivity contribution in [3.8, 4) is 0 Å². The largest absolute Gasteiger partial charge is 0.127 e. The van der Waals surface area contributed by atoms with E-state index in [9.17, 15) is 0 Å². The average molecular weight is 501 g/mol. The third-order valence-electron chi connectivity index (χ3n) is 12.0. The average Bonchev–Trinajstić information content (AvgIpc) is 3.40. The van der Waals surface area contributed by atoms with Crippen LogP contribution in [-0.4, -0.2) is 18.6 Å². The van der Waals surface area contributed by atoms with E-state index < -0.39 is 8.07 Å². The molecule has 0 spiro atoms. The minimum atomic E-state index is -1.47. The van der Waals surface area contributed by atoms with E-state index in [0.29, 0.717) is 10.8 Å². The van der Waals surface area contributed by atoms with Crippen LogP contribution in [0, 0.1) is 52.3 Å². The molecule has 0 bridgehead atoms. The summed E-state index contributed by atoms with van der Waals surface area (Å²) in [6.07, 6.45) is 11.4. The molecule has 0 aromatic rings. The highest BCUT2D eigenvalue weighted by Crippen LogP contribution is 2.71. The quantitative estimate of drug-likeness (QED) is 0.346. The molecule has 0 aromatic carbocycles. The lowest BCUT2D eigenvalue weighted by atomic mass is 9.63. The molecule has 33 heavy (non-hydrogen) atoms. The van der Waals surface area contributed by atoms with E-state index >= 15 is 0 Å². The van der Waals surface area contributed by atoms with Crippen molar-refractivity contribution in [1.82, 2.24) is 0 Å². The van der Waals surface area contributed by atoms with Gasteiger partial charge in [-0.1, -0.05) is 59.9 Å². The van der Waals surface area contributed by atoms with Gasteiger partial charge >= 0.3 is 0 Å². The molecule has 4 saturated carbocycles. The molecule has 0 radical (unpaired) electrons. The maximum Gasteiger partial charge on any atom is 0.0566 e. The minimum Gasteiger partial charge on any atom is -0.127 e. The number of thioether (sulfide) groups is 2. The van der Waals surface area contributed by atoms with E-state index in [1.807, 2.05) is 0 Å². The molecule has 2 aliphatic heterocycles. The first kappa shape index (κ1) is 23.8. The van der Waals surface area contributed by atoms with Crippen LogP contribution in [-0.2, 0) is 0 Å². The normalized spacial score (nSPS) is 51.6. The first-order valence-electron chi connectivity index (χ1n) is 14.0. The highest BCUT2D eigenvalue weighted by atomic mass is 32.2. The van der Waals surface area contributed by atoms with E-state index in [1.54, 1.807) is 22.7 Å². The Balaban J connectivity index is 1.33. The van der Waals surface area contributed by atoms with Crippen LogP contribution >= 0.6 is 23.5 Å². The van der Waals surface area contributed by atoms with Crippen LogP contribution in [0.1, 0.15) is 74.1 Å². The fourth-order valence-electron chi connectivity index (χ4n) is 11.5. The molecule has 3 heteroatoms. The van der Waals surface area contributed by atoms with Crippen molar-refractivity contribution in [3.05, 3.63) is 22.0 Å². The lowest BCUT2D eigenvalue weighted by Gasteiger charge is -2.49. The van der Waals surface area contributed by atoms with Gasteiger partial charge in [0.05, 0.1) is 8.07 Å². The Hall–Kier alpha value is 0.397. The fraction of sp³-hybridized carbons (Fsp3) is 0.867. The summed E-state index contributed by atoms with van der Waals surface area (Å²) < 4.78 is 0. The predicted molar refractivity (Wildman–Crippen MR) is 151 cm³/mol. The zero-order valence-corrected chi connectivity index (χ0v) is 25.3. The second-order valence-electron chi connectivity index (χ2n) is 15.2. The number of rotatable bonds is 2. The van der Waals surface area contributed by atoms with Crippen molar-refractivity contribution < 1.29 is 0 Å². The Morgan fingerprint density at radius 3 is 1.85 bits per heavy atom. The Morgan fingerprint density at radius 1 is 0.788 bits per heavy atom. The second kappa shape index (κ2) is 7.47. The van der Waals surface area contributed by atoms with Crippen LogP contribution in [0.2, 0.25) is 24.2 Å². The summed E-state index contributed by atoms with van der Waals surface area (Å²) >= 11 is 4.57. The van der Waals surface area contributed by atoms with Crippen LogP contribution in [0.5, 0.6) is 0 Å². The molecular weight excluding hydrogens is 453 g/mol. The van der Waals surface area contributed by atoms with Gasteiger partial charge in [0.2, 0.25) is 0 Å². The van der Waals surface area contributed by atoms with Gasteiger partial charge in [-0.25, -0.2) is 0 Å². The van der Waals surface area contributed by atoms with E-state index in [0.717, 1.165) is 63.0 Å². The Labute approximate surface area is 214 Å². The van der Waals surface area contributed by atoms with Crippen LogP contribution in [0.25, 0.3) is 0 Å². The summed E-state index contributed by atoms with van der Waals surface area (Å²) in [7, 11) is -1.47. The van der Waals surface area contributed by atoms with Gasteiger partial charge in [0.25, 0.3) is 0 Å². The second-order valence-corrected chi connectivity index (χ2v) is 23.0. The topological polar surface area (TPSA) is 0 Å². The Kier molecular flexibility index (Phi) is 5.38.